The van der Waals surface area contributed by atoms with Crippen LogP contribution < -0.4 is 21.5 Å². The normalized spacial score (nSPS) is 9.78. The lowest BCUT2D eigenvalue weighted by atomic mass is 9.77. The Morgan fingerprint density at radius 3 is 2.43 bits per heavy atom. The van der Waals surface area contributed by atoms with Gasteiger partial charge < -0.3 is 25.5 Å². The van der Waals surface area contributed by atoms with Gasteiger partial charge in [-0.25, -0.2) is 0 Å². The minimum atomic E-state index is -1.83. The fourth-order valence-electron chi connectivity index (χ4n) is 2.22. The molecule has 1 heterocycles. The van der Waals surface area contributed by atoms with Crippen LogP contribution in [0.3, 0.4) is 0 Å². The summed E-state index contributed by atoms with van der Waals surface area (Å²) in [6.07, 6.45) is 0. The molecule has 1 aromatic heterocycles. The first-order valence-electron chi connectivity index (χ1n) is 6.35. The maximum atomic E-state index is 11.9. The second-order valence-corrected chi connectivity index (χ2v) is 4.55. The van der Waals surface area contributed by atoms with Crippen molar-refractivity contribution in [3.05, 3.63) is 39.7 Å². The molecule has 1 aromatic carbocycles. The third-order valence-corrected chi connectivity index (χ3v) is 3.26. The van der Waals surface area contributed by atoms with Crippen LogP contribution in [0.25, 0.3) is 11.1 Å². The van der Waals surface area contributed by atoms with Gasteiger partial charge in [0.2, 0.25) is 0 Å². The van der Waals surface area contributed by atoms with Gasteiger partial charge in [-0.05, 0) is 11.6 Å². The van der Waals surface area contributed by atoms with Crippen molar-refractivity contribution in [1.29, 1.82) is 10.5 Å². The van der Waals surface area contributed by atoms with Crippen LogP contribution in [0.1, 0.15) is 11.1 Å². The fraction of sp³-hybridized carbons (Fsp3) is 0.0714. The number of rotatable bonds is 3. The van der Waals surface area contributed by atoms with E-state index < -0.39 is 12.7 Å². The lowest BCUT2D eigenvalue weighted by Gasteiger charge is -2.12. The first kappa shape index (κ1) is 16.1. The van der Waals surface area contributed by atoms with Crippen LogP contribution in [0.5, 0.6) is 5.75 Å². The van der Waals surface area contributed by atoms with Crippen molar-refractivity contribution in [2.24, 2.45) is 0 Å². The number of nitrogens with two attached hydrogens (primary N) is 1. The molecule has 8 nitrogen and oxygen atoms in total. The topological polar surface area (TPSA) is 156 Å². The number of hydrogen-bond donors (Lipinski definition) is 4. The molecule has 0 radical (unpaired) electrons. The molecule has 2 aromatic rings. The molecular formula is C14H11BN4O4. The average Bonchev–Trinajstić information content (AvgIpc) is 2.53. The number of H-pyrrole nitrogens is 1. The maximum Gasteiger partial charge on any atom is 0.492 e. The van der Waals surface area contributed by atoms with E-state index in [-0.39, 0.29) is 39.3 Å². The van der Waals surface area contributed by atoms with E-state index in [2.05, 4.69) is 4.98 Å². The highest BCUT2D eigenvalue weighted by molar-refractivity contribution is 6.59. The summed E-state index contributed by atoms with van der Waals surface area (Å²) in [5, 5.41) is 37.3. The quantitative estimate of drug-likeness (QED) is 0.533. The van der Waals surface area contributed by atoms with Crippen LogP contribution >= 0.6 is 0 Å². The van der Waals surface area contributed by atoms with Crippen LogP contribution in [0, 0.1) is 22.7 Å². The molecule has 114 valence electrons. The number of nitrogens with one attached hydrogen (secondary N) is 1. The van der Waals surface area contributed by atoms with Crippen molar-refractivity contribution in [3.8, 4) is 29.0 Å². The molecule has 23 heavy (non-hydrogen) atoms. The number of nitrogen functional groups attached to an aromatic ring is 1. The zero-order valence-electron chi connectivity index (χ0n) is 12.0. The molecule has 0 unspecified atom stereocenters. The monoisotopic (exact) mass is 310 g/mol. The molecule has 0 fully saturated rings. The van der Waals surface area contributed by atoms with Gasteiger partial charge in [0.05, 0.1) is 7.11 Å². The van der Waals surface area contributed by atoms with Gasteiger partial charge in [-0.15, -0.1) is 0 Å². The number of benzene rings is 1. The lowest BCUT2D eigenvalue weighted by Crippen LogP contribution is -2.31. The minimum absolute atomic E-state index is 0.0247. The van der Waals surface area contributed by atoms with Gasteiger partial charge in [0, 0.05) is 11.0 Å². The predicted octanol–water partition coefficient (Wildman–Crippen LogP) is -0.944. The van der Waals surface area contributed by atoms with Crippen molar-refractivity contribution in [2.45, 2.75) is 0 Å². The summed E-state index contributed by atoms with van der Waals surface area (Å²) in [7, 11) is -0.478. The second-order valence-electron chi connectivity index (χ2n) is 4.55. The number of hydrogen-bond acceptors (Lipinski definition) is 7. The fourth-order valence-corrected chi connectivity index (χ4v) is 2.22. The van der Waals surface area contributed by atoms with E-state index in [0.29, 0.717) is 0 Å². The Balaban J connectivity index is 2.88. The summed E-state index contributed by atoms with van der Waals surface area (Å²) in [4.78, 5) is 14.1. The van der Waals surface area contributed by atoms with Gasteiger partial charge in [-0.2, -0.15) is 10.5 Å². The molecular weight excluding hydrogens is 299 g/mol. The molecule has 0 amide bonds. The molecule has 9 heteroatoms. The van der Waals surface area contributed by atoms with Crippen molar-refractivity contribution in [2.75, 3.05) is 12.8 Å². The first-order chi connectivity index (χ1) is 10.9. The van der Waals surface area contributed by atoms with Crippen molar-refractivity contribution in [1.82, 2.24) is 4.98 Å². The summed E-state index contributed by atoms with van der Waals surface area (Å²) in [6.45, 7) is 0. The van der Waals surface area contributed by atoms with Crippen molar-refractivity contribution >= 4 is 18.4 Å². The first-order valence-corrected chi connectivity index (χ1v) is 6.35. The van der Waals surface area contributed by atoms with Crippen LogP contribution in [0.4, 0.5) is 5.82 Å². The van der Waals surface area contributed by atoms with E-state index >= 15 is 0 Å². The van der Waals surface area contributed by atoms with Crippen LogP contribution in [0.2, 0.25) is 0 Å². The van der Waals surface area contributed by atoms with Crippen LogP contribution in [-0.2, 0) is 0 Å². The molecule has 0 saturated carbocycles. The molecule has 0 aliphatic rings. The Kier molecular flexibility index (Phi) is 4.37. The van der Waals surface area contributed by atoms with E-state index in [1.807, 2.05) is 6.07 Å². The molecule has 0 aliphatic carbocycles. The zero-order valence-corrected chi connectivity index (χ0v) is 12.0. The molecule has 0 spiro atoms. The Morgan fingerprint density at radius 2 is 1.91 bits per heavy atom. The molecule has 0 aliphatic heterocycles. The predicted molar refractivity (Wildman–Crippen MR) is 82.7 cm³/mol. The minimum Gasteiger partial charge on any atom is -0.497 e. The van der Waals surface area contributed by atoms with Gasteiger partial charge in [0.1, 0.15) is 34.8 Å². The van der Waals surface area contributed by atoms with E-state index in [9.17, 15) is 25.4 Å². The summed E-state index contributed by atoms with van der Waals surface area (Å²) < 4.78 is 5.02. The van der Waals surface area contributed by atoms with E-state index in [1.165, 1.54) is 25.3 Å². The Hall–Kier alpha value is -3.27. The van der Waals surface area contributed by atoms with Crippen molar-refractivity contribution < 1.29 is 14.8 Å². The summed E-state index contributed by atoms with van der Waals surface area (Å²) in [6, 6.07) is 7.81. The number of pyridine rings is 1. The summed E-state index contributed by atoms with van der Waals surface area (Å²) in [5.74, 6) is 0.0343. The Bertz CT molecular complexity index is 909. The number of ether oxygens (including phenoxy) is 1. The number of aromatic amines is 1. The standard InChI is InChI=1S/C14H11BN4O4/c1-23-11-3-2-7(4-10(11)15(21)22)12-8(5-16)13(18)19-14(20)9(12)6-17/h2-4,21-22H,1H3,(H3,18,19,20). The largest absolute Gasteiger partial charge is 0.497 e. The second kappa shape index (κ2) is 6.24. The highest BCUT2D eigenvalue weighted by Gasteiger charge is 2.22. The third kappa shape index (κ3) is 2.74. The summed E-state index contributed by atoms with van der Waals surface area (Å²) >= 11 is 0. The SMILES string of the molecule is COc1ccc(-c2c(C#N)c(N)[nH]c(=O)c2C#N)cc1B(O)O. The molecule has 0 bridgehead atoms. The van der Waals surface area contributed by atoms with Gasteiger partial charge in [-0.3, -0.25) is 4.79 Å². The van der Waals surface area contributed by atoms with E-state index in [1.54, 1.807) is 6.07 Å². The zero-order chi connectivity index (χ0) is 17.1. The summed E-state index contributed by atoms with van der Waals surface area (Å²) in [5.41, 5.74) is 4.85. The molecule has 0 atom stereocenters. The van der Waals surface area contributed by atoms with Crippen LogP contribution in [0.15, 0.2) is 23.0 Å². The van der Waals surface area contributed by atoms with E-state index in [0.717, 1.165) is 0 Å². The number of nitriles is 2. The van der Waals surface area contributed by atoms with Gasteiger partial charge in [0.15, 0.2) is 0 Å². The smallest absolute Gasteiger partial charge is 0.492 e. The maximum absolute atomic E-state index is 11.9. The number of anilines is 1. The molecule has 2 rings (SSSR count). The molecule has 5 N–H and O–H groups in total. The Labute approximate surface area is 131 Å². The average molecular weight is 310 g/mol. The number of nitrogens with zero attached hydrogens (tertiary/aromatic N) is 2. The number of aromatic nitrogens is 1. The van der Waals surface area contributed by atoms with Crippen LogP contribution in [-0.4, -0.2) is 29.3 Å². The van der Waals surface area contributed by atoms with Gasteiger partial charge in [0.25, 0.3) is 5.56 Å². The third-order valence-electron chi connectivity index (χ3n) is 3.26. The number of methoxy groups -OCH3 is 1. The van der Waals surface area contributed by atoms with E-state index in [4.69, 9.17) is 10.5 Å². The van der Waals surface area contributed by atoms with Crippen molar-refractivity contribution in [3.63, 3.8) is 0 Å². The van der Waals surface area contributed by atoms with Gasteiger partial charge >= 0.3 is 7.12 Å². The Morgan fingerprint density at radius 1 is 1.26 bits per heavy atom. The van der Waals surface area contributed by atoms with Gasteiger partial charge in [-0.1, -0.05) is 12.1 Å². The highest BCUT2D eigenvalue weighted by Crippen LogP contribution is 2.28. The molecule has 0 saturated heterocycles. The highest BCUT2D eigenvalue weighted by atomic mass is 16.5. The lowest BCUT2D eigenvalue weighted by molar-refractivity contribution is 0.403.